The summed E-state index contributed by atoms with van der Waals surface area (Å²) in [5, 5.41) is 42.5. The molecule has 2 saturated heterocycles. The van der Waals surface area contributed by atoms with Gasteiger partial charge in [-0.3, -0.25) is 4.79 Å². The van der Waals surface area contributed by atoms with Gasteiger partial charge in [-0.1, -0.05) is 6.92 Å². The molecule has 0 aromatic rings. The molecule has 0 aromatic heterocycles. The van der Waals surface area contributed by atoms with Crippen molar-refractivity contribution in [2.24, 2.45) is 11.7 Å². The fraction of sp³-hybridized carbons (Fsp3) is 0.875. The SMILES string of the molecule is [CH2+]OC1OC(CO)C(OC2OC(CO)C(C)C(O)C2N)C(O)C1NC(C)=O. The first-order chi connectivity index (χ1) is 12.7. The van der Waals surface area contributed by atoms with Crippen LogP contribution >= 0.6 is 0 Å². The van der Waals surface area contributed by atoms with Gasteiger partial charge in [-0.05, 0) is 0 Å². The lowest BCUT2D eigenvalue weighted by molar-refractivity contribution is -0.321. The van der Waals surface area contributed by atoms with Crippen LogP contribution in [-0.4, -0.2) is 94.7 Å². The molecule has 0 saturated carbocycles. The van der Waals surface area contributed by atoms with Gasteiger partial charge in [-0.15, -0.1) is 0 Å². The van der Waals surface area contributed by atoms with Gasteiger partial charge in [0, 0.05) is 12.8 Å². The van der Waals surface area contributed by atoms with E-state index in [4.69, 9.17) is 24.7 Å². The maximum Gasteiger partial charge on any atom is 0.231 e. The van der Waals surface area contributed by atoms with Crippen LogP contribution in [0, 0.1) is 13.0 Å². The van der Waals surface area contributed by atoms with Gasteiger partial charge in [0.05, 0.1) is 31.5 Å². The number of rotatable bonds is 6. The van der Waals surface area contributed by atoms with E-state index in [0.29, 0.717) is 0 Å². The van der Waals surface area contributed by atoms with Crippen LogP contribution in [0.2, 0.25) is 0 Å². The molecular formula is C16H29N2O9+. The summed E-state index contributed by atoms with van der Waals surface area (Å²) in [5.41, 5.74) is 5.98. The quantitative estimate of drug-likeness (QED) is 0.252. The van der Waals surface area contributed by atoms with Gasteiger partial charge in [0.15, 0.2) is 6.29 Å². The molecule has 10 unspecified atom stereocenters. The molecule has 10 atom stereocenters. The topological polar surface area (TPSA) is 173 Å². The third-order valence-electron chi connectivity index (χ3n) is 5.00. The fourth-order valence-corrected chi connectivity index (χ4v) is 3.37. The Bertz CT molecular complexity index is 495. The molecule has 2 rings (SSSR count). The number of hydrogen-bond donors (Lipinski definition) is 6. The fourth-order valence-electron chi connectivity index (χ4n) is 3.37. The molecule has 0 radical (unpaired) electrons. The lowest BCUT2D eigenvalue weighted by Crippen LogP contribution is -2.67. The van der Waals surface area contributed by atoms with Crippen molar-refractivity contribution in [3.05, 3.63) is 7.11 Å². The van der Waals surface area contributed by atoms with Gasteiger partial charge in [0.2, 0.25) is 19.3 Å². The minimum atomic E-state index is -1.36. The predicted octanol–water partition coefficient (Wildman–Crippen LogP) is -3.20. The van der Waals surface area contributed by atoms with E-state index in [-0.39, 0.29) is 6.61 Å². The number of nitrogens with one attached hydrogen (secondary N) is 1. The summed E-state index contributed by atoms with van der Waals surface area (Å²) in [5.74, 6) is -0.872. The summed E-state index contributed by atoms with van der Waals surface area (Å²) in [6.07, 6.45) is -7.57. The molecule has 1 amide bonds. The van der Waals surface area contributed by atoms with Crippen molar-refractivity contribution >= 4 is 5.91 Å². The van der Waals surface area contributed by atoms with Crippen molar-refractivity contribution in [2.45, 2.75) is 69.0 Å². The van der Waals surface area contributed by atoms with Crippen LogP contribution < -0.4 is 11.1 Å². The number of aliphatic hydroxyl groups is 4. The van der Waals surface area contributed by atoms with Crippen LogP contribution in [0.15, 0.2) is 0 Å². The van der Waals surface area contributed by atoms with Gasteiger partial charge in [-0.25, -0.2) is 0 Å². The molecule has 156 valence electrons. The third kappa shape index (κ3) is 4.70. The Labute approximate surface area is 157 Å². The minimum Gasteiger partial charge on any atom is -0.394 e. The van der Waals surface area contributed by atoms with E-state index >= 15 is 0 Å². The second-order valence-corrected chi connectivity index (χ2v) is 6.86. The van der Waals surface area contributed by atoms with Crippen LogP contribution in [0.25, 0.3) is 0 Å². The molecule has 0 aromatic carbocycles. The van der Waals surface area contributed by atoms with Gasteiger partial charge in [0.1, 0.15) is 24.4 Å². The average molecular weight is 393 g/mol. The maximum atomic E-state index is 11.4. The highest BCUT2D eigenvalue weighted by Crippen LogP contribution is 2.30. The Balaban J connectivity index is 2.19. The zero-order valence-corrected chi connectivity index (χ0v) is 15.3. The first-order valence-electron chi connectivity index (χ1n) is 8.72. The number of carbonyl (C=O) groups excluding carboxylic acids is 1. The summed E-state index contributed by atoms with van der Waals surface area (Å²) in [7, 11) is 3.25. The number of hydrogen-bond acceptors (Lipinski definition) is 10. The number of ether oxygens (including phenoxy) is 4. The van der Waals surface area contributed by atoms with Crippen molar-refractivity contribution < 1.29 is 44.2 Å². The van der Waals surface area contributed by atoms with Crippen LogP contribution in [0.3, 0.4) is 0 Å². The lowest BCUT2D eigenvalue weighted by atomic mass is 9.89. The summed E-state index contributed by atoms with van der Waals surface area (Å²) >= 11 is 0. The molecule has 2 heterocycles. The largest absolute Gasteiger partial charge is 0.394 e. The van der Waals surface area contributed by atoms with Gasteiger partial charge in [0.25, 0.3) is 0 Å². The highest BCUT2D eigenvalue weighted by atomic mass is 16.7. The van der Waals surface area contributed by atoms with Crippen LogP contribution in [0.4, 0.5) is 0 Å². The second kappa shape index (κ2) is 9.45. The molecule has 0 bridgehead atoms. The smallest absolute Gasteiger partial charge is 0.231 e. The van der Waals surface area contributed by atoms with Gasteiger partial charge >= 0.3 is 0 Å². The molecule has 7 N–H and O–H groups in total. The van der Waals surface area contributed by atoms with E-state index in [0.717, 1.165) is 0 Å². The first-order valence-corrected chi connectivity index (χ1v) is 8.72. The monoisotopic (exact) mass is 393 g/mol. The molecule has 11 heteroatoms. The molecule has 2 aliphatic rings. The van der Waals surface area contributed by atoms with E-state index in [2.05, 4.69) is 12.4 Å². The van der Waals surface area contributed by atoms with Gasteiger partial charge in [-0.2, -0.15) is 4.74 Å². The molecule has 2 fully saturated rings. The number of nitrogens with two attached hydrogens (primary N) is 1. The molecular weight excluding hydrogens is 364 g/mol. The van der Waals surface area contributed by atoms with E-state index in [1.54, 1.807) is 6.92 Å². The Morgan fingerprint density at radius 3 is 2.26 bits per heavy atom. The Morgan fingerprint density at radius 2 is 1.74 bits per heavy atom. The average Bonchev–Trinajstić information content (AvgIpc) is 2.64. The normalized spacial score (nSPS) is 45.4. The highest BCUT2D eigenvalue weighted by molar-refractivity contribution is 5.73. The van der Waals surface area contributed by atoms with Crippen molar-refractivity contribution in [2.75, 3.05) is 13.2 Å². The van der Waals surface area contributed by atoms with E-state index in [9.17, 15) is 25.2 Å². The standard InChI is InChI=1S/C16H28N2O9/c1-6-8(4-19)25-15(10(17)12(6)22)27-14-9(5-20)26-16(24-3)11(13(14)23)18-7(2)21/h6,8-16,19-20,22-23H,3-5,17H2,1-2H3/p+1. The predicted molar refractivity (Wildman–Crippen MR) is 89.6 cm³/mol. The van der Waals surface area contributed by atoms with Crippen molar-refractivity contribution in [3.63, 3.8) is 0 Å². The van der Waals surface area contributed by atoms with Crippen molar-refractivity contribution in [1.82, 2.24) is 5.32 Å². The van der Waals surface area contributed by atoms with Crippen LogP contribution in [-0.2, 0) is 23.7 Å². The zero-order chi connectivity index (χ0) is 20.3. The Hall–Kier alpha value is -1.02. The Kier molecular flexibility index (Phi) is 7.80. The molecule has 2 aliphatic heterocycles. The van der Waals surface area contributed by atoms with Crippen LogP contribution in [0.5, 0.6) is 0 Å². The van der Waals surface area contributed by atoms with Gasteiger partial charge < -0.3 is 45.7 Å². The molecule has 0 spiro atoms. The van der Waals surface area contributed by atoms with E-state index in [1.807, 2.05) is 0 Å². The maximum absolute atomic E-state index is 11.4. The van der Waals surface area contributed by atoms with E-state index < -0.39 is 73.6 Å². The first kappa shape index (κ1) is 22.3. The summed E-state index contributed by atoms with van der Waals surface area (Å²) < 4.78 is 21.7. The number of amides is 1. The summed E-state index contributed by atoms with van der Waals surface area (Å²) in [6.45, 7) is 2.05. The highest BCUT2D eigenvalue weighted by Gasteiger charge is 2.51. The molecule has 11 nitrogen and oxygen atoms in total. The number of carbonyl (C=O) groups is 1. The second-order valence-electron chi connectivity index (χ2n) is 6.86. The van der Waals surface area contributed by atoms with Crippen LogP contribution in [0.1, 0.15) is 13.8 Å². The lowest BCUT2D eigenvalue weighted by Gasteiger charge is -2.46. The van der Waals surface area contributed by atoms with Crippen molar-refractivity contribution in [3.8, 4) is 0 Å². The van der Waals surface area contributed by atoms with E-state index in [1.165, 1.54) is 6.92 Å². The molecule has 0 aliphatic carbocycles. The minimum absolute atomic E-state index is 0.357. The molecule has 27 heavy (non-hydrogen) atoms. The number of aliphatic hydroxyl groups excluding tert-OH is 4. The van der Waals surface area contributed by atoms with Crippen molar-refractivity contribution in [1.29, 1.82) is 0 Å². The Morgan fingerprint density at radius 1 is 1.15 bits per heavy atom. The zero-order valence-electron chi connectivity index (χ0n) is 15.3. The third-order valence-corrected chi connectivity index (χ3v) is 5.00. The summed E-state index contributed by atoms with van der Waals surface area (Å²) in [4.78, 5) is 11.4. The summed E-state index contributed by atoms with van der Waals surface area (Å²) in [6, 6.07) is -1.99.